The Hall–Kier alpha value is -1.90. The molecule has 0 saturated heterocycles. The van der Waals surface area contributed by atoms with Gasteiger partial charge in [-0.15, -0.1) is 0 Å². The van der Waals surface area contributed by atoms with E-state index in [2.05, 4.69) is 20.7 Å². The Labute approximate surface area is 161 Å². The lowest BCUT2D eigenvalue weighted by atomic mass is 9.97. The Kier molecular flexibility index (Phi) is 7.19. The monoisotopic (exact) mass is 441 g/mol. The molecule has 2 N–H and O–H groups in total. The Morgan fingerprint density at radius 2 is 1.88 bits per heavy atom. The molecule has 2 rings (SSSR count). The maximum Gasteiger partial charge on any atom is 0.306 e. The summed E-state index contributed by atoms with van der Waals surface area (Å²) in [5, 5.41) is 5.14. The number of carbonyl (C=O) groups excluding carboxylic acids is 1. The predicted molar refractivity (Wildman–Crippen MR) is 102 cm³/mol. The first-order chi connectivity index (χ1) is 12.3. The summed E-state index contributed by atoms with van der Waals surface area (Å²) < 4.78 is 34.2. The summed E-state index contributed by atoms with van der Waals surface area (Å²) in [6.07, 6.45) is -0.0643. The van der Waals surface area contributed by atoms with Crippen molar-refractivity contribution in [2.75, 3.05) is 12.9 Å². The van der Waals surface area contributed by atoms with E-state index in [1.54, 1.807) is 24.3 Å². The predicted octanol–water partition coefficient (Wildman–Crippen LogP) is 2.96. The molecule has 8 heteroatoms. The molecule has 0 spiro atoms. The third-order valence-corrected chi connectivity index (χ3v) is 5.08. The summed E-state index contributed by atoms with van der Waals surface area (Å²) in [5.74, 6) is -0.758. The quantitative estimate of drug-likeness (QED) is 0.635. The summed E-state index contributed by atoms with van der Waals surface area (Å²) in [4.78, 5) is 11.5. The van der Waals surface area contributed by atoms with Crippen molar-refractivity contribution in [1.29, 1.82) is 0 Å². The third-order valence-electron chi connectivity index (χ3n) is 3.72. The number of carbonyl (C=O) groups is 1. The van der Waals surface area contributed by atoms with E-state index >= 15 is 0 Å². The number of benzene rings is 2. The summed E-state index contributed by atoms with van der Waals surface area (Å²) in [6.45, 7) is 0.404. The first kappa shape index (κ1) is 20.4. The first-order valence-corrected chi connectivity index (χ1v) is 10.3. The van der Waals surface area contributed by atoms with E-state index < -0.39 is 21.9 Å². The van der Waals surface area contributed by atoms with Crippen LogP contribution in [0.25, 0.3) is 0 Å². The molecule has 0 radical (unpaired) electrons. The molecule has 0 aliphatic carbocycles. The maximum absolute atomic E-state index is 11.5. The van der Waals surface area contributed by atoms with Crippen LogP contribution in [0.2, 0.25) is 0 Å². The van der Waals surface area contributed by atoms with Gasteiger partial charge in [0.05, 0.1) is 19.3 Å². The lowest BCUT2D eigenvalue weighted by Crippen LogP contribution is -2.24. The Morgan fingerprint density at radius 3 is 2.46 bits per heavy atom. The average Bonchev–Trinajstić information content (AvgIpc) is 2.58. The lowest BCUT2D eigenvalue weighted by Gasteiger charge is -2.16. The van der Waals surface area contributed by atoms with Crippen molar-refractivity contribution in [3.63, 3.8) is 0 Å². The van der Waals surface area contributed by atoms with Gasteiger partial charge in [0.15, 0.2) is 0 Å². The summed E-state index contributed by atoms with van der Waals surface area (Å²) in [5.41, 5.74) is 1.69. The van der Waals surface area contributed by atoms with Gasteiger partial charge >= 0.3 is 5.97 Å². The zero-order chi connectivity index (χ0) is 19.2. The van der Waals surface area contributed by atoms with Gasteiger partial charge in [-0.3, -0.25) is 4.79 Å². The number of methoxy groups -OCH3 is 1. The second kappa shape index (κ2) is 9.16. The SMILES string of the molecule is COC(=O)CC(CS(N)(=O)=O)c1ccc(OCc2cccc(Br)c2)cc1. The minimum atomic E-state index is -3.73. The second-order valence-corrected chi connectivity index (χ2v) is 8.37. The van der Waals surface area contributed by atoms with Gasteiger partial charge in [-0.25, -0.2) is 13.6 Å². The van der Waals surface area contributed by atoms with Crippen LogP contribution in [0.15, 0.2) is 53.0 Å². The maximum atomic E-state index is 11.5. The van der Waals surface area contributed by atoms with Crippen LogP contribution >= 0.6 is 15.9 Å². The molecule has 2 aromatic carbocycles. The van der Waals surface area contributed by atoms with Crippen molar-refractivity contribution >= 4 is 31.9 Å². The van der Waals surface area contributed by atoms with Crippen LogP contribution in [-0.2, 0) is 26.2 Å². The van der Waals surface area contributed by atoms with Gasteiger partial charge in [0.25, 0.3) is 0 Å². The number of nitrogens with two attached hydrogens (primary N) is 1. The molecule has 0 fully saturated rings. The number of esters is 1. The highest BCUT2D eigenvalue weighted by atomic mass is 79.9. The summed E-state index contributed by atoms with van der Waals surface area (Å²) in [6, 6.07) is 14.7. The minimum absolute atomic E-state index is 0.0643. The molecule has 140 valence electrons. The van der Waals surface area contributed by atoms with Crippen molar-refractivity contribution in [3.05, 3.63) is 64.1 Å². The van der Waals surface area contributed by atoms with Crippen LogP contribution in [-0.4, -0.2) is 27.2 Å². The van der Waals surface area contributed by atoms with Crippen LogP contribution in [0.1, 0.15) is 23.5 Å². The van der Waals surface area contributed by atoms with Crippen molar-refractivity contribution in [3.8, 4) is 5.75 Å². The van der Waals surface area contributed by atoms with E-state index in [4.69, 9.17) is 9.88 Å². The van der Waals surface area contributed by atoms with Crippen LogP contribution in [0.4, 0.5) is 0 Å². The molecular weight excluding hydrogens is 422 g/mol. The van der Waals surface area contributed by atoms with E-state index in [9.17, 15) is 13.2 Å². The Morgan fingerprint density at radius 1 is 1.19 bits per heavy atom. The van der Waals surface area contributed by atoms with Gasteiger partial charge in [-0.1, -0.05) is 40.2 Å². The lowest BCUT2D eigenvalue weighted by molar-refractivity contribution is -0.140. The van der Waals surface area contributed by atoms with E-state index in [0.29, 0.717) is 17.9 Å². The summed E-state index contributed by atoms with van der Waals surface area (Å²) in [7, 11) is -2.47. The largest absolute Gasteiger partial charge is 0.489 e. The standard InChI is InChI=1S/C18H20BrNO5S/c1-24-18(21)10-15(12-26(20,22)23)14-5-7-17(8-6-14)25-11-13-3-2-4-16(19)9-13/h2-9,15H,10-12H2,1H3,(H2,20,22,23). The molecule has 0 bridgehead atoms. The zero-order valence-electron chi connectivity index (χ0n) is 14.2. The highest BCUT2D eigenvalue weighted by Gasteiger charge is 2.21. The van der Waals surface area contributed by atoms with Crippen LogP contribution in [0, 0.1) is 0 Å². The number of rotatable bonds is 8. The fourth-order valence-electron chi connectivity index (χ4n) is 2.47. The second-order valence-electron chi connectivity index (χ2n) is 5.79. The van der Waals surface area contributed by atoms with Gasteiger partial charge in [-0.2, -0.15) is 0 Å². The van der Waals surface area contributed by atoms with E-state index in [1.807, 2.05) is 24.3 Å². The molecule has 0 aliphatic heterocycles. The van der Waals surface area contributed by atoms with E-state index in [1.165, 1.54) is 7.11 Å². The zero-order valence-corrected chi connectivity index (χ0v) is 16.6. The molecule has 0 heterocycles. The van der Waals surface area contributed by atoms with Crippen molar-refractivity contribution in [1.82, 2.24) is 0 Å². The average molecular weight is 442 g/mol. The van der Waals surface area contributed by atoms with Gasteiger partial charge in [-0.05, 0) is 35.4 Å². The molecule has 2 aromatic rings. The highest BCUT2D eigenvalue weighted by molar-refractivity contribution is 9.10. The number of hydrogen-bond acceptors (Lipinski definition) is 5. The fraction of sp³-hybridized carbons (Fsp3) is 0.278. The number of halogens is 1. The number of hydrogen-bond donors (Lipinski definition) is 1. The normalized spacial score (nSPS) is 12.4. The molecule has 6 nitrogen and oxygen atoms in total. The van der Waals surface area contributed by atoms with Gasteiger partial charge in [0.2, 0.25) is 10.0 Å². The number of primary sulfonamides is 1. The molecule has 0 aliphatic rings. The molecule has 0 aromatic heterocycles. The van der Waals surface area contributed by atoms with Crippen molar-refractivity contribution < 1.29 is 22.7 Å². The molecule has 0 saturated carbocycles. The third kappa shape index (κ3) is 6.78. The smallest absolute Gasteiger partial charge is 0.306 e. The fourth-order valence-corrected chi connectivity index (χ4v) is 3.79. The highest BCUT2D eigenvalue weighted by Crippen LogP contribution is 2.25. The van der Waals surface area contributed by atoms with E-state index in [0.717, 1.165) is 10.0 Å². The molecule has 1 unspecified atom stereocenters. The molecule has 1 atom stereocenters. The Bertz CT molecular complexity index is 852. The van der Waals surface area contributed by atoms with Gasteiger partial charge < -0.3 is 9.47 Å². The van der Waals surface area contributed by atoms with Crippen molar-refractivity contribution in [2.24, 2.45) is 5.14 Å². The number of ether oxygens (including phenoxy) is 2. The molecule has 0 amide bonds. The topological polar surface area (TPSA) is 95.7 Å². The summed E-state index contributed by atoms with van der Waals surface area (Å²) >= 11 is 3.41. The van der Waals surface area contributed by atoms with Gasteiger partial charge in [0.1, 0.15) is 12.4 Å². The molecular formula is C18H20BrNO5S. The van der Waals surface area contributed by atoms with Crippen LogP contribution in [0.5, 0.6) is 5.75 Å². The minimum Gasteiger partial charge on any atom is -0.489 e. The van der Waals surface area contributed by atoms with Crippen LogP contribution in [0.3, 0.4) is 0 Å². The van der Waals surface area contributed by atoms with Crippen molar-refractivity contribution in [2.45, 2.75) is 18.9 Å². The van der Waals surface area contributed by atoms with Crippen LogP contribution < -0.4 is 9.88 Å². The Balaban J connectivity index is 2.07. The molecule has 26 heavy (non-hydrogen) atoms. The first-order valence-electron chi connectivity index (χ1n) is 7.81. The van der Waals surface area contributed by atoms with E-state index in [-0.39, 0.29) is 12.2 Å². The van der Waals surface area contributed by atoms with Gasteiger partial charge in [0, 0.05) is 10.4 Å². The number of sulfonamides is 1.